The summed E-state index contributed by atoms with van der Waals surface area (Å²) in [5.74, 6) is 1.04. The number of fused-ring (bicyclic) bond motifs is 3. The van der Waals surface area contributed by atoms with Gasteiger partial charge in [0.05, 0.1) is 6.61 Å². The van der Waals surface area contributed by atoms with E-state index in [9.17, 15) is 4.79 Å². The van der Waals surface area contributed by atoms with E-state index in [2.05, 4.69) is 15.4 Å². The van der Waals surface area contributed by atoms with Gasteiger partial charge in [-0.2, -0.15) is 10.1 Å². The normalized spacial score (nSPS) is 15.4. The Labute approximate surface area is 176 Å². The number of alkyl halides is 3. The highest BCUT2D eigenvalue weighted by molar-refractivity contribution is 6.68. The van der Waals surface area contributed by atoms with Crippen LogP contribution in [0.25, 0.3) is 22.6 Å². The minimum Gasteiger partial charge on any atom is -0.494 e. The predicted molar refractivity (Wildman–Crippen MR) is 111 cm³/mol. The lowest BCUT2D eigenvalue weighted by Crippen LogP contribution is -2.38. The van der Waals surface area contributed by atoms with E-state index < -0.39 is 15.5 Å². The predicted octanol–water partition coefficient (Wildman–Crippen LogP) is 4.67. The fourth-order valence-electron chi connectivity index (χ4n) is 3.05. The van der Waals surface area contributed by atoms with Crippen LogP contribution in [0.4, 0.5) is 5.69 Å². The number of halogens is 3. The third-order valence-corrected chi connectivity index (χ3v) is 4.91. The average Bonchev–Trinajstić information content (AvgIpc) is 2.67. The van der Waals surface area contributed by atoms with Crippen LogP contribution >= 0.6 is 34.8 Å². The zero-order valence-electron chi connectivity index (χ0n) is 14.7. The van der Waals surface area contributed by atoms with Gasteiger partial charge in [-0.1, -0.05) is 46.9 Å². The summed E-state index contributed by atoms with van der Waals surface area (Å²) in [5.41, 5.74) is 1.71. The van der Waals surface area contributed by atoms with E-state index in [4.69, 9.17) is 39.5 Å². The Balaban J connectivity index is 1.88. The molecule has 2 heterocycles. The van der Waals surface area contributed by atoms with Crippen LogP contribution < -0.4 is 15.6 Å². The van der Waals surface area contributed by atoms with Crippen LogP contribution in [-0.2, 0) is 0 Å². The van der Waals surface area contributed by atoms with Crippen molar-refractivity contribution in [3.63, 3.8) is 0 Å². The molecule has 1 N–H and O–H groups in total. The SMILES string of the molecule is CCOc1ccc(-c2nn3c(nc2=O)-c2ccccc2NC3C(Cl)(Cl)Cl)cc1. The third kappa shape index (κ3) is 3.43. The van der Waals surface area contributed by atoms with Crippen molar-refractivity contribution in [3.8, 4) is 28.4 Å². The van der Waals surface area contributed by atoms with Crippen molar-refractivity contribution in [2.75, 3.05) is 11.9 Å². The smallest absolute Gasteiger partial charge is 0.300 e. The lowest BCUT2D eigenvalue weighted by atomic mass is 10.1. The summed E-state index contributed by atoms with van der Waals surface area (Å²) in [5, 5.41) is 7.65. The van der Waals surface area contributed by atoms with E-state index >= 15 is 0 Å². The number of rotatable bonds is 3. The Morgan fingerprint density at radius 1 is 1.14 bits per heavy atom. The summed E-state index contributed by atoms with van der Waals surface area (Å²) in [7, 11) is 0. The van der Waals surface area contributed by atoms with E-state index in [-0.39, 0.29) is 5.69 Å². The fraction of sp³-hybridized carbons (Fsp3) is 0.211. The van der Waals surface area contributed by atoms with Gasteiger partial charge in [-0.3, -0.25) is 4.79 Å². The van der Waals surface area contributed by atoms with Gasteiger partial charge in [0.1, 0.15) is 5.75 Å². The monoisotopic (exact) mass is 436 g/mol. The van der Waals surface area contributed by atoms with Crippen LogP contribution in [0.5, 0.6) is 5.75 Å². The van der Waals surface area contributed by atoms with Gasteiger partial charge in [-0.25, -0.2) is 4.68 Å². The van der Waals surface area contributed by atoms with Gasteiger partial charge in [-0.15, -0.1) is 0 Å². The number of hydrogen-bond donors (Lipinski definition) is 1. The summed E-state index contributed by atoms with van der Waals surface area (Å²) in [4.78, 5) is 17.0. The van der Waals surface area contributed by atoms with Crippen LogP contribution in [0, 0.1) is 0 Å². The number of anilines is 1. The van der Waals surface area contributed by atoms with Gasteiger partial charge in [0.25, 0.3) is 5.56 Å². The molecular weight excluding hydrogens is 423 g/mol. The standard InChI is InChI=1S/C19H15Cl3N4O2/c1-2-28-12-9-7-11(8-10-12)15-17(27)24-16-13-5-3-4-6-14(13)23-18(19(20,21)22)26(16)25-15/h3-10,18,23H,2H2,1H3. The molecule has 0 aliphatic carbocycles. The van der Waals surface area contributed by atoms with Crippen LogP contribution in [0.3, 0.4) is 0 Å². The first-order valence-corrected chi connectivity index (χ1v) is 9.68. The molecule has 0 bridgehead atoms. The maximum Gasteiger partial charge on any atom is 0.300 e. The summed E-state index contributed by atoms with van der Waals surface area (Å²) >= 11 is 18.6. The Hall–Kier alpha value is -2.28. The molecule has 0 spiro atoms. The van der Waals surface area contributed by atoms with E-state index in [0.29, 0.717) is 35.0 Å². The first-order valence-electron chi connectivity index (χ1n) is 8.55. The molecule has 0 saturated heterocycles. The van der Waals surface area contributed by atoms with Gasteiger partial charge >= 0.3 is 0 Å². The summed E-state index contributed by atoms with van der Waals surface area (Å²) in [6, 6.07) is 14.4. The Bertz CT molecular complexity index is 1080. The first-order chi connectivity index (χ1) is 13.4. The van der Waals surface area contributed by atoms with E-state index in [1.807, 2.05) is 31.2 Å². The van der Waals surface area contributed by atoms with Gasteiger partial charge in [0.15, 0.2) is 17.7 Å². The van der Waals surface area contributed by atoms with E-state index in [1.54, 1.807) is 24.3 Å². The number of aromatic nitrogens is 3. The highest BCUT2D eigenvalue weighted by Gasteiger charge is 2.40. The number of para-hydroxylation sites is 1. The maximum atomic E-state index is 12.7. The van der Waals surface area contributed by atoms with Gasteiger partial charge in [0, 0.05) is 16.8 Å². The van der Waals surface area contributed by atoms with Crippen molar-refractivity contribution < 1.29 is 4.74 Å². The average molecular weight is 438 g/mol. The molecule has 1 unspecified atom stereocenters. The van der Waals surface area contributed by atoms with E-state index in [0.717, 1.165) is 0 Å². The lowest BCUT2D eigenvalue weighted by Gasteiger charge is -2.34. The van der Waals surface area contributed by atoms with Crippen LogP contribution in [-0.4, -0.2) is 25.2 Å². The number of ether oxygens (including phenoxy) is 1. The molecule has 28 heavy (non-hydrogen) atoms. The summed E-state index contributed by atoms with van der Waals surface area (Å²) in [6.45, 7) is 2.45. The molecule has 4 rings (SSSR count). The van der Waals surface area contributed by atoms with Crippen LogP contribution in [0.15, 0.2) is 53.3 Å². The van der Waals surface area contributed by atoms with Crippen molar-refractivity contribution in [3.05, 3.63) is 58.9 Å². The first kappa shape index (κ1) is 19.1. The molecule has 9 heteroatoms. The van der Waals surface area contributed by atoms with Crippen molar-refractivity contribution in [2.24, 2.45) is 0 Å². The van der Waals surface area contributed by atoms with Crippen LogP contribution in [0.2, 0.25) is 0 Å². The second-order valence-electron chi connectivity index (χ2n) is 6.13. The molecule has 6 nitrogen and oxygen atoms in total. The zero-order valence-corrected chi connectivity index (χ0v) is 17.0. The Morgan fingerprint density at radius 2 is 1.86 bits per heavy atom. The van der Waals surface area contributed by atoms with Crippen molar-refractivity contribution >= 4 is 40.5 Å². The molecular formula is C19H15Cl3N4O2. The van der Waals surface area contributed by atoms with Gasteiger partial charge in [0.2, 0.25) is 3.79 Å². The highest BCUT2D eigenvalue weighted by atomic mass is 35.6. The zero-order chi connectivity index (χ0) is 19.9. The highest BCUT2D eigenvalue weighted by Crippen LogP contribution is 2.44. The topological polar surface area (TPSA) is 69.0 Å². The summed E-state index contributed by atoms with van der Waals surface area (Å²) in [6.07, 6.45) is -0.836. The quantitative estimate of drug-likeness (QED) is 0.603. The summed E-state index contributed by atoms with van der Waals surface area (Å²) < 4.78 is 5.16. The Kier molecular flexibility index (Phi) is 4.95. The lowest BCUT2D eigenvalue weighted by molar-refractivity contribution is 0.340. The van der Waals surface area contributed by atoms with Gasteiger partial charge < -0.3 is 10.1 Å². The van der Waals surface area contributed by atoms with E-state index in [1.165, 1.54) is 4.68 Å². The number of hydrogen-bond acceptors (Lipinski definition) is 5. The van der Waals surface area contributed by atoms with Gasteiger partial charge in [-0.05, 0) is 43.3 Å². The maximum absolute atomic E-state index is 12.7. The largest absolute Gasteiger partial charge is 0.494 e. The molecule has 0 amide bonds. The van der Waals surface area contributed by atoms with Crippen molar-refractivity contribution in [2.45, 2.75) is 16.9 Å². The molecule has 1 aliphatic rings. The second kappa shape index (κ2) is 7.28. The van der Waals surface area contributed by atoms with Crippen molar-refractivity contribution in [1.82, 2.24) is 14.8 Å². The molecule has 144 valence electrons. The number of nitrogens with zero attached hydrogens (tertiary/aromatic N) is 3. The molecule has 0 fully saturated rings. The number of nitrogens with one attached hydrogen (secondary N) is 1. The third-order valence-electron chi connectivity index (χ3n) is 4.29. The molecule has 3 aromatic rings. The molecule has 0 radical (unpaired) electrons. The van der Waals surface area contributed by atoms with Crippen molar-refractivity contribution in [1.29, 1.82) is 0 Å². The number of benzene rings is 2. The minimum absolute atomic E-state index is 0.159. The molecule has 2 aromatic carbocycles. The second-order valence-corrected chi connectivity index (χ2v) is 8.49. The molecule has 0 saturated carbocycles. The fourth-order valence-corrected chi connectivity index (χ4v) is 3.49. The van der Waals surface area contributed by atoms with Crippen LogP contribution in [0.1, 0.15) is 13.1 Å². The minimum atomic E-state index is -1.72. The molecule has 1 atom stereocenters. The molecule has 1 aliphatic heterocycles. The molecule has 1 aromatic heterocycles. The Morgan fingerprint density at radius 3 is 2.54 bits per heavy atom.